The third kappa shape index (κ3) is 6.73. The number of hydrogen-bond donors (Lipinski definition) is 2. The second-order valence-corrected chi connectivity index (χ2v) is 9.50. The highest BCUT2D eigenvalue weighted by Gasteiger charge is 2.50. The predicted octanol–water partition coefficient (Wildman–Crippen LogP) is 3.16. The molecule has 28 heavy (non-hydrogen) atoms. The SMILES string of the molecule is CCc1ccc(CNC(=NC)NCC2CCN(S(=O)(=O)C(F)(F)F)CC2)s1.I. The molecule has 1 aromatic heterocycles. The number of halogens is 4. The van der Waals surface area contributed by atoms with Crippen LogP contribution in [0.2, 0.25) is 0 Å². The molecule has 0 atom stereocenters. The van der Waals surface area contributed by atoms with Gasteiger partial charge in [-0.2, -0.15) is 17.5 Å². The topological polar surface area (TPSA) is 73.8 Å². The molecular formula is C16H26F3IN4O2S2. The van der Waals surface area contributed by atoms with Crippen LogP contribution in [0.3, 0.4) is 0 Å². The highest BCUT2D eigenvalue weighted by atomic mass is 127. The lowest BCUT2D eigenvalue weighted by molar-refractivity contribution is -0.0496. The number of thiophene rings is 1. The first-order chi connectivity index (χ1) is 12.7. The molecule has 0 saturated carbocycles. The maximum Gasteiger partial charge on any atom is 0.511 e. The molecule has 1 fully saturated rings. The van der Waals surface area contributed by atoms with E-state index in [2.05, 4.69) is 34.7 Å². The number of nitrogens with one attached hydrogen (secondary N) is 2. The van der Waals surface area contributed by atoms with E-state index >= 15 is 0 Å². The molecule has 1 aromatic rings. The second-order valence-electron chi connectivity index (χ2n) is 6.32. The van der Waals surface area contributed by atoms with Crippen LogP contribution in [0.15, 0.2) is 17.1 Å². The molecule has 0 aliphatic carbocycles. The zero-order chi connectivity index (χ0) is 20.1. The molecule has 1 aliphatic rings. The minimum Gasteiger partial charge on any atom is -0.356 e. The molecule has 0 unspecified atom stereocenters. The highest BCUT2D eigenvalue weighted by molar-refractivity contribution is 14.0. The average molecular weight is 554 g/mol. The van der Waals surface area contributed by atoms with Gasteiger partial charge in [-0.05, 0) is 37.3 Å². The van der Waals surface area contributed by atoms with Crippen molar-refractivity contribution in [1.82, 2.24) is 14.9 Å². The number of sulfonamides is 1. The van der Waals surface area contributed by atoms with Gasteiger partial charge in [0, 0.05) is 36.4 Å². The Balaban J connectivity index is 0.00000392. The van der Waals surface area contributed by atoms with Crippen molar-refractivity contribution < 1.29 is 21.6 Å². The van der Waals surface area contributed by atoms with E-state index in [9.17, 15) is 21.6 Å². The maximum absolute atomic E-state index is 12.6. The summed E-state index contributed by atoms with van der Waals surface area (Å²) < 4.78 is 61.2. The smallest absolute Gasteiger partial charge is 0.356 e. The van der Waals surface area contributed by atoms with Gasteiger partial charge in [0.25, 0.3) is 0 Å². The van der Waals surface area contributed by atoms with Crippen molar-refractivity contribution >= 4 is 51.3 Å². The summed E-state index contributed by atoms with van der Waals surface area (Å²) in [7, 11) is -3.57. The van der Waals surface area contributed by atoms with Crippen molar-refractivity contribution in [1.29, 1.82) is 0 Å². The van der Waals surface area contributed by atoms with Crippen LogP contribution in [0.4, 0.5) is 13.2 Å². The molecule has 0 amide bonds. The number of rotatable bonds is 6. The average Bonchev–Trinajstić information content (AvgIpc) is 3.09. The number of guanidine groups is 1. The normalized spacial score (nSPS) is 17.2. The van der Waals surface area contributed by atoms with E-state index in [0.717, 1.165) is 6.42 Å². The van der Waals surface area contributed by atoms with E-state index in [1.54, 1.807) is 18.4 Å². The first-order valence-corrected chi connectivity index (χ1v) is 11.0. The quantitative estimate of drug-likeness (QED) is 0.322. The Bertz CT molecular complexity index is 745. The van der Waals surface area contributed by atoms with E-state index < -0.39 is 15.5 Å². The molecule has 0 radical (unpaired) electrons. The van der Waals surface area contributed by atoms with Crippen molar-refractivity contribution in [2.24, 2.45) is 10.9 Å². The van der Waals surface area contributed by atoms with E-state index in [1.165, 1.54) is 9.75 Å². The monoisotopic (exact) mass is 554 g/mol. The van der Waals surface area contributed by atoms with Gasteiger partial charge in [0.15, 0.2) is 5.96 Å². The summed E-state index contributed by atoms with van der Waals surface area (Å²) in [5.41, 5.74) is -5.23. The summed E-state index contributed by atoms with van der Waals surface area (Å²) in [5.74, 6) is 0.712. The number of nitrogens with zero attached hydrogens (tertiary/aromatic N) is 2. The lowest BCUT2D eigenvalue weighted by atomic mass is 9.98. The Kier molecular flexibility index (Phi) is 9.97. The Hall–Kier alpha value is -0.600. The molecule has 0 bridgehead atoms. The van der Waals surface area contributed by atoms with Crippen molar-refractivity contribution in [3.05, 3.63) is 21.9 Å². The van der Waals surface area contributed by atoms with Crippen molar-refractivity contribution in [3.8, 4) is 0 Å². The fourth-order valence-corrected chi connectivity index (χ4v) is 4.72. The summed E-state index contributed by atoms with van der Waals surface area (Å²) in [5, 5.41) is 6.38. The van der Waals surface area contributed by atoms with Crippen LogP contribution in [0.25, 0.3) is 0 Å². The standard InChI is InChI=1S/C16H25F3N4O2S2.HI/c1-3-13-4-5-14(26-13)11-22-15(20-2)21-10-12-6-8-23(9-7-12)27(24,25)16(17,18)19;/h4-5,12H,3,6-11H2,1-2H3,(H2,20,21,22);1H. The minimum atomic E-state index is -5.23. The van der Waals surface area contributed by atoms with Crippen molar-refractivity contribution in [2.75, 3.05) is 26.7 Å². The van der Waals surface area contributed by atoms with Crippen molar-refractivity contribution in [2.45, 2.75) is 38.2 Å². The van der Waals surface area contributed by atoms with Gasteiger partial charge in [0.1, 0.15) is 0 Å². The van der Waals surface area contributed by atoms with Gasteiger partial charge in [0.2, 0.25) is 0 Å². The summed E-state index contributed by atoms with van der Waals surface area (Å²) in [6, 6.07) is 4.17. The molecule has 1 saturated heterocycles. The minimum absolute atomic E-state index is 0. The fourth-order valence-electron chi connectivity index (χ4n) is 2.84. The zero-order valence-corrected chi connectivity index (χ0v) is 19.7. The summed E-state index contributed by atoms with van der Waals surface area (Å²) >= 11 is 1.74. The largest absolute Gasteiger partial charge is 0.511 e. The van der Waals surface area contributed by atoms with Gasteiger partial charge in [-0.3, -0.25) is 4.99 Å². The van der Waals surface area contributed by atoms with Crippen LogP contribution in [-0.2, 0) is 23.0 Å². The van der Waals surface area contributed by atoms with Crippen LogP contribution in [0.5, 0.6) is 0 Å². The molecule has 0 aromatic carbocycles. The number of hydrogen-bond acceptors (Lipinski definition) is 4. The van der Waals surface area contributed by atoms with E-state index in [-0.39, 0.29) is 43.0 Å². The van der Waals surface area contributed by atoms with Crippen LogP contribution in [0, 0.1) is 5.92 Å². The van der Waals surface area contributed by atoms with E-state index in [1.807, 2.05) is 0 Å². The van der Waals surface area contributed by atoms with E-state index in [4.69, 9.17) is 0 Å². The van der Waals surface area contributed by atoms with Crippen LogP contribution < -0.4 is 10.6 Å². The van der Waals surface area contributed by atoms with Gasteiger partial charge in [-0.25, -0.2) is 8.42 Å². The van der Waals surface area contributed by atoms with Gasteiger partial charge in [-0.15, -0.1) is 35.3 Å². The number of aryl methyl sites for hydroxylation is 1. The Labute approximate surface area is 185 Å². The Morgan fingerprint density at radius 2 is 1.86 bits per heavy atom. The third-order valence-electron chi connectivity index (χ3n) is 4.48. The Morgan fingerprint density at radius 3 is 2.36 bits per heavy atom. The lowest BCUT2D eigenvalue weighted by Gasteiger charge is -2.31. The first kappa shape index (κ1) is 25.4. The van der Waals surface area contributed by atoms with Gasteiger partial charge < -0.3 is 10.6 Å². The molecule has 162 valence electrons. The maximum atomic E-state index is 12.6. The van der Waals surface area contributed by atoms with Crippen LogP contribution >= 0.6 is 35.3 Å². The zero-order valence-electron chi connectivity index (χ0n) is 15.8. The van der Waals surface area contributed by atoms with Crippen LogP contribution in [-0.4, -0.2) is 50.9 Å². The molecule has 2 rings (SSSR count). The molecular weight excluding hydrogens is 528 g/mol. The van der Waals surface area contributed by atoms with Gasteiger partial charge >= 0.3 is 15.5 Å². The second kappa shape index (κ2) is 11.0. The Morgan fingerprint density at radius 1 is 1.25 bits per heavy atom. The van der Waals surface area contributed by atoms with Gasteiger partial charge in [-0.1, -0.05) is 6.92 Å². The lowest BCUT2D eigenvalue weighted by Crippen LogP contribution is -2.47. The number of piperidine rings is 1. The third-order valence-corrected chi connectivity index (χ3v) is 7.34. The molecule has 1 aliphatic heterocycles. The number of alkyl halides is 3. The summed E-state index contributed by atoms with van der Waals surface area (Å²) in [6.07, 6.45) is 1.76. The summed E-state index contributed by atoms with van der Waals surface area (Å²) in [4.78, 5) is 6.65. The van der Waals surface area contributed by atoms with Crippen LogP contribution in [0.1, 0.15) is 29.5 Å². The van der Waals surface area contributed by atoms with Crippen molar-refractivity contribution in [3.63, 3.8) is 0 Å². The van der Waals surface area contributed by atoms with E-state index in [0.29, 0.717) is 36.2 Å². The molecule has 6 nitrogen and oxygen atoms in total. The summed E-state index contributed by atoms with van der Waals surface area (Å²) in [6.45, 7) is 3.05. The molecule has 12 heteroatoms. The molecule has 2 N–H and O–H groups in total. The predicted molar refractivity (Wildman–Crippen MR) is 117 cm³/mol. The first-order valence-electron chi connectivity index (χ1n) is 8.76. The van der Waals surface area contributed by atoms with Gasteiger partial charge in [0.05, 0.1) is 6.54 Å². The number of aliphatic imine (C=N–C) groups is 1. The molecule has 0 spiro atoms. The molecule has 2 heterocycles. The fraction of sp³-hybridized carbons (Fsp3) is 0.688. The highest BCUT2D eigenvalue weighted by Crippen LogP contribution is 2.30.